The molecule has 32 heavy (non-hydrogen) atoms. The molecule has 0 amide bonds. The lowest BCUT2D eigenvalue weighted by Crippen LogP contribution is -2.45. The van der Waals surface area contributed by atoms with Crippen molar-refractivity contribution in [3.63, 3.8) is 0 Å². The van der Waals surface area contributed by atoms with Crippen molar-refractivity contribution in [3.8, 4) is 5.75 Å². The number of hydrogen-bond acceptors (Lipinski definition) is 7. The number of rotatable bonds is 7. The molecule has 172 valence electrons. The third-order valence-corrected chi connectivity index (χ3v) is 6.64. The van der Waals surface area contributed by atoms with Gasteiger partial charge >= 0.3 is 0 Å². The van der Waals surface area contributed by atoms with E-state index in [9.17, 15) is 0 Å². The molecule has 0 spiro atoms. The van der Waals surface area contributed by atoms with Crippen LogP contribution in [-0.4, -0.2) is 54.0 Å². The van der Waals surface area contributed by atoms with E-state index in [0.29, 0.717) is 10.8 Å². The van der Waals surface area contributed by atoms with E-state index in [-0.39, 0.29) is 17.0 Å². The molecule has 0 aliphatic heterocycles. The Hall–Kier alpha value is -2.52. The molecule has 0 saturated heterocycles. The van der Waals surface area contributed by atoms with Crippen molar-refractivity contribution in [2.75, 3.05) is 14.1 Å². The highest BCUT2D eigenvalue weighted by Gasteiger charge is 2.47. The molecular weight excluding hydrogens is 428 g/mol. The lowest BCUT2D eigenvalue weighted by atomic mass is 9.84. The molecule has 2 atom stereocenters. The van der Waals surface area contributed by atoms with E-state index in [1.54, 1.807) is 11.0 Å². The summed E-state index contributed by atoms with van der Waals surface area (Å²) in [6, 6.07) is 7.06. The Bertz CT molecular complexity index is 1000. The minimum absolute atomic E-state index is 0.208. The van der Waals surface area contributed by atoms with Crippen LogP contribution < -0.4 is 4.74 Å². The van der Waals surface area contributed by atoms with Gasteiger partial charge in [0, 0.05) is 5.02 Å². The minimum atomic E-state index is -0.526. The Morgan fingerprint density at radius 3 is 2.38 bits per heavy atom. The van der Waals surface area contributed by atoms with E-state index in [1.807, 2.05) is 28.9 Å². The summed E-state index contributed by atoms with van der Waals surface area (Å²) in [5.74, 6) is 1.55. The fourth-order valence-corrected chi connectivity index (χ4v) is 4.82. The van der Waals surface area contributed by atoms with Gasteiger partial charge < -0.3 is 4.74 Å². The molecule has 3 aromatic rings. The van der Waals surface area contributed by atoms with Crippen LogP contribution in [0.5, 0.6) is 5.75 Å². The van der Waals surface area contributed by atoms with Crippen LogP contribution in [0.25, 0.3) is 0 Å². The molecule has 0 N–H and O–H groups in total. The van der Waals surface area contributed by atoms with Crippen molar-refractivity contribution in [1.82, 2.24) is 39.9 Å². The van der Waals surface area contributed by atoms with Gasteiger partial charge in [0.2, 0.25) is 6.23 Å². The highest BCUT2D eigenvalue weighted by atomic mass is 35.5. The summed E-state index contributed by atoms with van der Waals surface area (Å²) in [6.45, 7) is 6.49. The average molecular weight is 459 g/mol. The molecule has 0 unspecified atom stereocenters. The summed E-state index contributed by atoms with van der Waals surface area (Å²) in [6.07, 6.45) is 6.99. The first-order chi connectivity index (χ1) is 15.2. The quantitative estimate of drug-likeness (QED) is 0.526. The second kappa shape index (κ2) is 8.78. The van der Waals surface area contributed by atoms with Gasteiger partial charge in [-0.15, -0.1) is 5.10 Å². The maximum absolute atomic E-state index is 6.51. The molecule has 9 nitrogen and oxygen atoms in total. The van der Waals surface area contributed by atoms with Crippen LogP contribution in [0.3, 0.4) is 0 Å². The van der Waals surface area contributed by atoms with Gasteiger partial charge in [0.25, 0.3) is 0 Å². The van der Waals surface area contributed by atoms with Gasteiger partial charge in [-0.1, -0.05) is 45.2 Å². The van der Waals surface area contributed by atoms with Gasteiger partial charge in [-0.05, 0) is 67.0 Å². The first kappa shape index (κ1) is 22.7. The van der Waals surface area contributed by atoms with E-state index in [4.69, 9.17) is 16.3 Å². The second-order valence-corrected chi connectivity index (χ2v) is 10.2. The summed E-state index contributed by atoms with van der Waals surface area (Å²) in [4.78, 5) is 6.42. The standard InChI is InChI=1S/C22H31ClN8O/c1-21(2,3)18(31-20(26-27-28-31)22(29(4)5)12-6-7-13-22)19(30-15-24-14-25-30)32-17-10-8-16(23)9-11-17/h8-11,14-15,18-19H,6-7,12-13H2,1-5H3/t18-,19-/m1/s1. The highest BCUT2D eigenvalue weighted by molar-refractivity contribution is 6.30. The van der Waals surface area contributed by atoms with Gasteiger partial charge in [0.05, 0.1) is 5.54 Å². The fourth-order valence-electron chi connectivity index (χ4n) is 4.70. The Kier molecular flexibility index (Phi) is 6.22. The minimum Gasteiger partial charge on any atom is -0.466 e. The van der Waals surface area contributed by atoms with Gasteiger partial charge in [-0.3, -0.25) is 4.90 Å². The lowest BCUT2D eigenvalue weighted by Gasteiger charge is -2.40. The van der Waals surface area contributed by atoms with E-state index in [2.05, 4.69) is 65.4 Å². The summed E-state index contributed by atoms with van der Waals surface area (Å²) in [7, 11) is 4.21. The molecular formula is C22H31ClN8O. The van der Waals surface area contributed by atoms with Gasteiger partial charge in [-0.25, -0.2) is 14.3 Å². The third-order valence-electron chi connectivity index (χ3n) is 6.38. The zero-order chi connectivity index (χ0) is 22.9. The third kappa shape index (κ3) is 4.23. The predicted octanol–water partition coefficient (Wildman–Crippen LogP) is 4.11. The molecule has 1 fully saturated rings. The van der Waals surface area contributed by atoms with E-state index >= 15 is 0 Å². The van der Waals surface area contributed by atoms with Crippen LogP contribution in [0, 0.1) is 5.41 Å². The first-order valence-corrected chi connectivity index (χ1v) is 11.3. The summed E-state index contributed by atoms with van der Waals surface area (Å²) >= 11 is 6.08. The smallest absolute Gasteiger partial charge is 0.215 e. The molecule has 10 heteroatoms. The number of hydrogen-bond donors (Lipinski definition) is 0. The molecule has 4 rings (SSSR count). The number of tetrazole rings is 1. The van der Waals surface area contributed by atoms with Crippen molar-refractivity contribution in [3.05, 3.63) is 47.8 Å². The molecule has 0 bridgehead atoms. The summed E-state index contributed by atoms with van der Waals surface area (Å²) < 4.78 is 10.2. The maximum atomic E-state index is 6.51. The monoisotopic (exact) mass is 458 g/mol. The Labute approximate surface area is 193 Å². The molecule has 1 saturated carbocycles. The van der Waals surface area contributed by atoms with E-state index in [0.717, 1.165) is 31.5 Å². The summed E-state index contributed by atoms with van der Waals surface area (Å²) in [5, 5.41) is 18.3. The normalized spacial score (nSPS) is 18.1. The number of aromatic nitrogens is 7. The molecule has 0 radical (unpaired) electrons. The van der Waals surface area contributed by atoms with Crippen LogP contribution in [0.15, 0.2) is 36.9 Å². The molecule has 2 heterocycles. The Morgan fingerprint density at radius 2 is 1.81 bits per heavy atom. The molecule has 2 aromatic heterocycles. The van der Waals surface area contributed by atoms with Crippen LogP contribution in [0.2, 0.25) is 5.02 Å². The van der Waals surface area contributed by atoms with Gasteiger partial charge in [0.1, 0.15) is 24.4 Å². The number of benzene rings is 1. The first-order valence-electron chi connectivity index (χ1n) is 10.9. The zero-order valence-corrected chi connectivity index (χ0v) is 20.1. The molecule has 1 aliphatic rings. The van der Waals surface area contributed by atoms with Crippen LogP contribution >= 0.6 is 11.6 Å². The fraction of sp³-hybridized carbons (Fsp3) is 0.591. The van der Waals surface area contributed by atoms with Crippen molar-refractivity contribution in [2.45, 2.75) is 64.3 Å². The maximum Gasteiger partial charge on any atom is 0.215 e. The van der Waals surface area contributed by atoms with Crippen molar-refractivity contribution in [1.29, 1.82) is 0 Å². The number of nitrogens with zero attached hydrogens (tertiary/aromatic N) is 8. The van der Waals surface area contributed by atoms with E-state index in [1.165, 1.54) is 6.33 Å². The van der Waals surface area contributed by atoms with Crippen molar-refractivity contribution in [2.24, 2.45) is 5.41 Å². The lowest BCUT2D eigenvalue weighted by molar-refractivity contribution is -0.00585. The topological polar surface area (TPSA) is 86.8 Å². The Morgan fingerprint density at radius 1 is 1.12 bits per heavy atom. The van der Waals surface area contributed by atoms with Crippen LogP contribution in [0.4, 0.5) is 0 Å². The van der Waals surface area contributed by atoms with Gasteiger partial charge in [0.15, 0.2) is 5.82 Å². The van der Waals surface area contributed by atoms with E-state index < -0.39 is 6.23 Å². The highest BCUT2D eigenvalue weighted by Crippen LogP contribution is 2.46. The predicted molar refractivity (Wildman–Crippen MR) is 121 cm³/mol. The molecule has 1 aromatic carbocycles. The summed E-state index contributed by atoms with van der Waals surface area (Å²) in [5.41, 5.74) is -0.473. The Balaban J connectivity index is 1.83. The van der Waals surface area contributed by atoms with Crippen LogP contribution in [-0.2, 0) is 5.54 Å². The average Bonchev–Trinajstić information content (AvgIpc) is 3.49. The van der Waals surface area contributed by atoms with Crippen molar-refractivity contribution >= 4 is 11.6 Å². The molecule has 1 aliphatic carbocycles. The van der Waals surface area contributed by atoms with Crippen molar-refractivity contribution < 1.29 is 4.74 Å². The largest absolute Gasteiger partial charge is 0.466 e. The number of ether oxygens (including phenoxy) is 1. The zero-order valence-electron chi connectivity index (χ0n) is 19.3. The van der Waals surface area contributed by atoms with Gasteiger partial charge in [-0.2, -0.15) is 5.10 Å². The second-order valence-electron chi connectivity index (χ2n) is 9.73. The van der Waals surface area contributed by atoms with Crippen LogP contribution in [0.1, 0.15) is 64.5 Å². The number of halogens is 1. The SMILES string of the molecule is CN(C)C1(c2nnnn2[C@H]([C@@H](Oc2ccc(Cl)cc2)n2cncn2)C(C)(C)C)CCCC1.